The molecule has 2 rings (SSSR count). The van der Waals surface area contributed by atoms with Gasteiger partial charge in [0.15, 0.2) is 5.13 Å². The molecule has 0 amide bonds. The number of aromatic nitrogens is 1. The van der Waals surface area contributed by atoms with Crippen LogP contribution >= 0.6 is 11.3 Å². The lowest BCUT2D eigenvalue weighted by molar-refractivity contribution is -0.140. The van der Waals surface area contributed by atoms with E-state index in [-0.39, 0.29) is 5.97 Å². The zero-order chi connectivity index (χ0) is 15.1. The fourth-order valence-electron chi connectivity index (χ4n) is 1.92. The van der Waals surface area contributed by atoms with E-state index in [4.69, 9.17) is 4.42 Å². The zero-order valence-electron chi connectivity index (χ0n) is 12.3. The number of methoxy groups -OCH3 is 1. The number of nitrogens with one attached hydrogen (secondary N) is 1. The molecule has 114 valence electrons. The average molecular weight is 308 g/mol. The maximum absolute atomic E-state index is 11.1. The first-order chi connectivity index (χ1) is 10.2. The number of carbonyl (C=O) groups excluding carboxylic acids is 1. The van der Waals surface area contributed by atoms with Crippen molar-refractivity contribution in [2.75, 3.05) is 12.4 Å². The van der Waals surface area contributed by atoms with Crippen molar-refractivity contribution in [3.05, 3.63) is 35.2 Å². The highest BCUT2D eigenvalue weighted by Crippen LogP contribution is 2.19. The van der Waals surface area contributed by atoms with Gasteiger partial charge in [0.05, 0.1) is 25.5 Å². The van der Waals surface area contributed by atoms with Gasteiger partial charge in [-0.05, 0) is 25.5 Å². The van der Waals surface area contributed by atoms with Gasteiger partial charge in [-0.25, -0.2) is 4.98 Å². The molecule has 0 fully saturated rings. The molecule has 2 heterocycles. The summed E-state index contributed by atoms with van der Waals surface area (Å²) in [5.41, 5.74) is 0.922. The number of anilines is 1. The molecule has 21 heavy (non-hydrogen) atoms. The molecular weight excluding hydrogens is 288 g/mol. The number of furan rings is 1. The Labute approximate surface area is 128 Å². The van der Waals surface area contributed by atoms with Gasteiger partial charge in [0, 0.05) is 24.3 Å². The average Bonchev–Trinajstić information content (AvgIpc) is 3.14. The third-order valence-corrected chi connectivity index (χ3v) is 3.96. The molecule has 6 heteroatoms. The number of hydrogen-bond donors (Lipinski definition) is 1. The van der Waals surface area contributed by atoms with Gasteiger partial charge in [-0.2, -0.15) is 0 Å². The van der Waals surface area contributed by atoms with Crippen LogP contribution in [0.25, 0.3) is 0 Å². The van der Waals surface area contributed by atoms with E-state index in [2.05, 4.69) is 22.0 Å². The van der Waals surface area contributed by atoms with E-state index in [1.807, 2.05) is 17.5 Å². The summed E-state index contributed by atoms with van der Waals surface area (Å²) < 4.78 is 9.94. The van der Waals surface area contributed by atoms with Crippen LogP contribution in [-0.2, 0) is 22.4 Å². The summed E-state index contributed by atoms with van der Waals surface area (Å²) in [5.74, 6) is 0.797. The standard InChI is InChI=1S/C15H20N2O3S/c1-11(5-7-13-4-3-9-20-13)16-15-17-12(10-21-15)6-8-14(18)19-2/h3-4,9-11H,5-8H2,1-2H3,(H,16,17). The Kier molecular flexibility index (Phi) is 5.80. The van der Waals surface area contributed by atoms with Crippen LogP contribution < -0.4 is 5.32 Å². The van der Waals surface area contributed by atoms with Crippen LogP contribution in [0, 0.1) is 0 Å². The first-order valence-electron chi connectivity index (χ1n) is 6.97. The molecule has 0 bridgehead atoms. The van der Waals surface area contributed by atoms with Gasteiger partial charge in [-0.1, -0.05) is 0 Å². The number of nitrogens with zero attached hydrogens (tertiary/aromatic N) is 1. The molecule has 1 N–H and O–H groups in total. The van der Waals surface area contributed by atoms with E-state index in [0.29, 0.717) is 18.9 Å². The van der Waals surface area contributed by atoms with Crippen LogP contribution in [0.1, 0.15) is 31.2 Å². The monoisotopic (exact) mass is 308 g/mol. The summed E-state index contributed by atoms with van der Waals surface area (Å²) >= 11 is 1.56. The third-order valence-electron chi connectivity index (χ3n) is 3.14. The van der Waals surface area contributed by atoms with Crippen LogP contribution in [0.4, 0.5) is 5.13 Å². The highest BCUT2D eigenvalue weighted by Gasteiger charge is 2.09. The first kappa shape index (κ1) is 15.6. The van der Waals surface area contributed by atoms with Crippen molar-refractivity contribution in [2.45, 2.75) is 38.6 Å². The molecule has 1 atom stereocenters. The summed E-state index contributed by atoms with van der Waals surface area (Å²) in [6.45, 7) is 2.12. The quantitative estimate of drug-likeness (QED) is 0.758. The number of aryl methyl sites for hydroxylation is 2. The maximum Gasteiger partial charge on any atom is 0.305 e. The SMILES string of the molecule is COC(=O)CCc1csc(NC(C)CCc2ccco2)n1. The number of ether oxygens (including phenoxy) is 1. The normalized spacial score (nSPS) is 12.1. The lowest BCUT2D eigenvalue weighted by atomic mass is 10.1. The fourth-order valence-corrected chi connectivity index (χ4v) is 2.77. The second-order valence-electron chi connectivity index (χ2n) is 4.88. The number of rotatable bonds is 8. The van der Waals surface area contributed by atoms with Gasteiger partial charge < -0.3 is 14.5 Å². The largest absolute Gasteiger partial charge is 0.469 e. The number of carbonyl (C=O) groups is 1. The molecule has 2 aromatic rings. The van der Waals surface area contributed by atoms with E-state index >= 15 is 0 Å². The topological polar surface area (TPSA) is 64.4 Å². The Morgan fingerprint density at radius 3 is 3.10 bits per heavy atom. The number of hydrogen-bond acceptors (Lipinski definition) is 6. The first-order valence-corrected chi connectivity index (χ1v) is 7.85. The minimum atomic E-state index is -0.204. The molecule has 0 aliphatic rings. The molecule has 0 aliphatic carbocycles. The molecule has 1 unspecified atom stereocenters. The second-order valence-corrected chi connectivity index (χ2v) is 5.74. The molecule has 0 aliphatic heterocycles. The Hall–Kier alpha value is -1.82. The van der Waals surface area contributed by atoms with Crippen LogP contribution in [0.3, 0.4) is 0 Å². The van der Waals surface area contributed by atoms with Crippen LogP contribution in [0.15, 0.2) is 28.2 Å². The summed E-state index contributed by atoms with van der Waals surface area (Å²) in [6.07, 6.45) is 4.56. The Bertz CT molecular complexity index is 551. The van der Waals surface area contributed by atoms with E-state index in [9.17, 15) is 4.79 Å². The van der Waals surface area contributed by atoms with Crippen molar-refractivity contribution in [2.24, 2.45) is 0 Å². The van der Waals surface area contributed by atoms with Gasteiger partial charge >= 0.3 is 5.97 Å². The summed E-state index contributed by atoms with van der Waals surface area (Å²) in [5, 5.41) is 6.24. The van der Waals surface area contributed by atoms with Gasteiger partial charge in [-0.15, -0.1) is 11.3 Å². The minimum Gasteiger partial charge on any atom is -0.469 e. The van der Waals surface area contributed by atoms with Crippen molar-refractivity contribution in [1.82, 2.24) is 4.98 Å². The summed E-state index contributed by atoms with van der Waals surface area (Å²) in [7, 11) is 1.40. The van der Waals surface area contributed by atoms with Gasteiger partial charge in [0.25, 0.3) is 0 Å². The molecular formula is C15H20N2O3S. The van der Waals surface area contributed by atoms with E-state index < -0.39 is 0 Å². The highest BCUT2D eigenvalue weighted by atomic mass is 32.1. The van der Waals surface area contributed by atoms with Crippen molar-refractivity contribution in [3.63, 3.8) is 0 Å². The zero-order valence-corrected chi connectivity index (χ0v) is 13.1. The maximum atomic E-state index is 11.1. The summed E-state index contributed by atoms with van der Waals surface area (Å²) in [6, 6.07) is 4.21. The van der Waals surface area contributed by atoms with Crippen molar-refractivity contribution in [1.29, 1.82) is 0 Å². The lowest BCUT2D eigenvalue weighted by Crippen LogP contribution is -2.15. The fraction of sp³-hybridized carbons (Fsp3) is 0.467. The van der Waals surface area contributed by atoms with E-state index in [1.165, 1.54) is 7.11 Å². The van der Waals surface area contributed by atoms with Gasteiger partial charge in [-0.3, -0.25) is 4.79 Å². The minimum absolute atomic E-state index is 0.204. The molecule has 0 spiro atoms. The van der Waals surface area contributed by atoms with Gasteiger partial charge in [0.2, 0.25) is 0 Å². The van der Waals surface area contributed by atoms with E-state index in [0.717, 1.165) is 29.4 Å². The smallest absolute Gasteiger partial charge is 0.305 e. The second kappa shape index (κ2) is 7.83. The van der Waals surface area contributed by atoms with E-state index in [1.54, 1.807) is 17.6 Å². The molecule has 0 aromatic carbocycles. The Morgan fingerprint density at radius 2 is 2.38 bits per heavy atom. The third kappa shape index (κ3) is 5.23. The molecule has 5 nitrogen and oxygen atoms in total. The molecule has 0 saturated carbocycles. The highest BCUT2D eigenvalue weighted by molar-refractivity contribution is 7.13. The van der Waals surface area contributed by atoms with Crippen LogP contribution in [0.5, 0.6) is 0 Å². The summed E-state index contributed by atoms with van der Waals surface area (Å²) in [4.78, 5) is 15.6. The predicted molar refractivity (Wildman–Crippen MR) is 82.6 cm³/mol. The molecule has 2 aromatic heterocycles. The lowest BCUT2D eigenvalue weighted by Gasteiger charge is -2.11. The van der Waals surface area contributed by atoms with Gasteiger partial charge in [0.1, 0.15) is 5.76 Å². The van der Waals surface area contributed by atoms with Crippen molar-refractivity contribution >= 4 is 22.4 Å². The van der Waals surface area contributed by atoms with Crippen LogP contribution in [0.2, 0.25) is 0 Å². The van der Waals surface area contributed by atoms with Crippen molar-refractivity contribution in [3.8, 4) is 0 Å². The molecule has 0 saturated heterocycles. The number of thiazole rings is 1. The molecule has 0 radical (unpaired) electrons. The number of esters is 1. The van der Waals surface area contributed by atoms with Crippen LogP contribution in [-0.4, -0.2) is 24.1 Å². The predicted octanol–water partition coefficient (Wildman–Crippen LogP) is 3.27. The van der Waals surface area contributed by atoms with Crippen molar-refractivity contribution < 1.29 is 13.9 Å². The Morgan fingerprint density at radius 1 is 1.52 bits per heavy atom. The Balaban J connectivity index is 1.74.